The molecule has 1 fully saturated rings. The molecule has 0 radical (unpaired) electrons. The van der Waals surface area contributed by atoms with Gasteiger partial charge in [0.25, 0.3) is 0 Å². The Morgan fingerprint density at radius 1 is 1.20 bits per heavy atom. The molecule has 1 unspecified atom stereocenters. The molecule has 0 N–H and O–H groups in total. The third-order valence-electron chi connectivity index (χ3n) is 10.0. The molecule has 1 saturated heterocycles. The molecule has 50 heavy (non-hydrogen) atoms. The van der Waals surface area contributed by atoms with Crippen LogP contribution in [0.1, 0.15) is 77.9 Å². The smallest absolute Gasteiger partial charge is 0.246 e. The molecular formula is C37H56IN7O4Si. The van der Waals surface area contributed by atoms with Crippen molar-refractivity contribution in [2.75, 3.05) is 33.4 Å². The third-order valence-corrected chi connectivity index (χ3v) is 15.7. The number of halogens is 1. The number of fused-ring (bicyclic) bond motifs is 1. The van der Waals surface area contributed by atoms with Crippen molar-refractivity contribution in [2.45, 2.75) is 104 Å². The lowest BCUT2D eigenvalue weighted by atomic mass is 10.1. The second kappa shape index (κ2) is 16.3. The highest BCUT2D eigenvalue weighted by molar-refractivity contribution is 14.1. The van der Waals surface area contributed by atoms with E-state index >= 15 is 0 Å². The van der Waals surface area contributed by atoms with Crippen LogP contribution in [0.15, 0.2) is 31.0 Å². The number of hydrogen-bond donors (Lipinski definition) is 0. The first-order chi connectivity index (χ1) is 23.8. The lowest BCUT2D eigenvalue weighted by molar-refractivity contribution is -0.0367. The van der Waals surface area contributed by atoms with Crippen LogP contribution in [-0.4, -0.2) is 82.1 Å². The van der Waals surface area contributed by atoms with E-state index in [0.29, 0.717) is 32.2 Å². The van der Waals surface area contributed by atoms with Gasteiger partial charge in [-0.2, -0.15) is 10.2 Å². The second-order valence-corrected chi connectivity index (χ2v) is 20.6. The molecule has 0 aliphatic carbocycles. The number of likely N-dealkylation sites (N-methyl/N-ethyl adjacent to an activating group) is 1. The Balaban J connectivity index is 1.32. The first kappa shape index (κ1) is 38.5. The van der Waals surface area contributed by atoms with Crippen LogP contribution in [0, 0.1) is 3.57 Å². The Hall–Kier alpha value is -2.72. The SMILES string of the molecule is C=Cc1nn(C2CCCCO2)c2ccc(-c3cnn(C)c3O[C@H](CC)CN(C)Cc3c(I)c(OCC)nn3CCO[Si](C)(C)C(C)(C)C)cc12. The summed E-state index contributed by atoms with van der Waals surface area (Å²) in [5, 5.41) is 15.5. The minimum absolute atomic E-state index is 0.0475. The summed E-state index contributed by atoms with van der Waals surface area (Å²) in [6, 6.07) is 6.42. The van der Waals surface area contributed by atoms with Crippen molar-refractivity contribution in [3.8, 4) is 22.9 Å². The average Bonchev–Trinajstić information content (AvgIpc) is 3.73. The zero-order valence-corrected chi connectivity index (χ0v) is 34.6. The van der Waals surface area contributed by atoms with Gasteiger partial charge < -0.3 is 18.6 Å². The van der Waals surface area contributed by atoms with E-state index in [0.717, 1.165) is 81.7 Å². The molecule has 1 aliphatic heterocycles. The Kier molecular flexibility index (Phi) is 12.6. The monoisotopic (exact) mass is 817 g/mol. The number of nitrogens with zero attached hydrogens (tertiary/aromatic N) is 7. The van der Waals surface area contributed by atoms with Gasteiger partial charge in [0.05, 0.1) is 52.0 Å². The van der Waals surface area contributed by atoms with E-state index in [1.807, 2.05) is 35.6 Å². The average molecular weight is 818 g/mol. The Bertz CT molecular complexity index is 1750. The summed E-state index contributed by atoms with van der Waals surface area (Å²) in [7, 11) is 2.20. The first-order valence-corrected chi connectivity index (χ1v) is 21.9. The van der Waals surface area contributed by atoms with Gasteiger partial charge in [0.1, 0.15) is 6.10 Å². The van der Waals surface area contributed by atoms with Gasteiger partial charge in [0.15, 0.2) is 14.5 Å². The van der Waals surface area contributed by atoms with Crippen LogP contribution >= 0.6 is 22.6 Å². The minimum atomic E-state index is -1.87. The van der Waals surface area contributed by atoms with Crippen LogP contribution in [0.2, 0.25) is 18.1 Å². The van der Waals surface area contributed by atoms with Crippen LogP contribution in [0.5, 0.6) is 11.8 Å². The highest BCUT2D eigenvalue weighted by Gasteiger charge is 2.37. The molecule has 5 rings (SSSR count). The van der Waals surface area contributed by atoms with E-state index in [2.05, 4.69) is 110 Å². The summed E-state index contributed by atoms with van der Waals surface area (Å²) in [6.45, 7) is 23.6. The molecule has 4 aromatic rings. The Morgan fingerprint density at radius 3 is 2.64 bits per heavy atom. The molecule has 1 aromatic carbocycles. The van der Waals surface area contributed by atoms with E-state index in [4.69, 9.17) is 28.8 Å². The van der Waals surface area contributed by atoms with Crippen LogP contribution in [0.25, 0.3) is 28.1 Å². The van der Waals surface area contributed by atoms with E-state index in [-0.39, 0.29) is 17.4 Å². The molecule has 274 valence electrons. The number of benzene rings is 1. The fourth-order valence-electron chi connectivity index (χ4n) is 6.08. The molecule has 2 atom stereocenters. The fraction of sp³-hybridized carbons (Fsp3) is 0.595. The Morgan fingerprint density at radius 2 is 1.98 bits per heavy atom. The van der Waals surface area contributed by atoms with Gasteiger partial charge in [0, 0.05) is 32.1 Å². The van der Waals surface area contributed by atoms with Crippen molar-refractivity contribution in [2.24, 2.45) is 7.05 Å². The predicted molar refractivity (Wildman–Crippen MR) is 211 cm³/mol. The maximum Gasteiger partial charge on any atom is 0.246 e. The molecule has 0 spiro atoms. The standard InChI is InChI=1S/C37H56IN7O4Si/c1-11-27(24-42(7)25-32-34(38)35(46-13-3)41-44(32)19-21-48-50(9,10)37(4,5)6)49-36-29(23-39-43(36)8)26-17-18-31-28(22-26)30(12-2)40-45(31)33-16-14-15-20-47-33/h12,17-18,22-23,27,33H,2,11,13-16,19-21,24-25H2,1,3-10H3/t27-,33?/m1/s1. The van der Waals surface area contributed by atoms with Gasteiger partial charge in [0.2, 0.25) is 11.8 Å². The van der Waals surface area contributed by atoms with E-state index in [1.54, 1.807) is 0 Å². The van der Waals surface area contributed by atoms with Crippen LogP contribution < -0.4 is 9.47 Å². The molecule has 13 heteroatoms. The number of rotatable bonds is 16. The predicted octanol–water partition coefficient (Wildman–Crippen LogP) is 8.29. The van der Waals surface area contributed by atoms with Crippen LogP contribution in [-0.2, 0) is 29.3 Å². The first-order valence-electron chi connectivity index (χ1n) is 17.9. The lowest BCUT2D eigenvalue weighted by Gasteiger charge is -2.36. The summed E-state index contributed by atoms with van der Waals surface area (Å²) in [5.74, 6) is 1.42. The number of aromatic nitrogens is 6. The molecule has 1 aliphatic rings. The van der Waals surface area contributed by atoms with Crippen molar-refractivity contribution >= 4 is 47.9 Å². The summed E-state index contributed by atoms with van der Waals surface area (Å²) in [5.41, 5.74) is 4.99. The molecule has 0 bridgehead atoms. The number of ether oxygens (including phenoxy) is 3. The van der Waals surface area contributed by atoms with Crippen molar-refractivity contribution in [3.05, 3.63) is 45.9 Å². The quantitative estimate of drug-likeness (QED) is 0.0825. The largest absolute Gasteiger partial charge is 0.476 e. The van der Waals surface area contributed by atoms with Crippen LogP contribution in [0.4, 0.5) is 0 Å². The van der Waals surface area contributed by atoms with Crippen molar-refractivity contribution in [3.63, 3.8) is 0 Å². The van der Waals surface area contributed by atoms with Crippen molar-refractivity contribution in [1.29, 1.82) is 0 Å². The van der Waals surface area contributed by atoms with Crippen molar-refractivity contribution < 1.29 is 18.6 Å². The van der Waals surface area contributed by atoms with Gasteiger partial charge in [-0.1, -0.05) is 40.3 Å². The third kappa shape index (κ3) is 8.49. The molecule has 4 heterocycles. The number of hydrogen-bond acceptors (Lipinski definition) is 8. The van der Waals surface area contributed by atoms with E-state index < -0.39 is 8.32 Å². The van der Waals surface area contributed by atoms with Crippen molar-refractivity contribution in [1.82, 2.24) is 34.2 Å². The highest BCUT2D eigenvalue weighted by Crippen LogP contribution is 2.37. The molecular weight excluding hydrogens is 761 g/mol. The van der Waals surface area contributed by atoms with Gasteiger partial charge >= 0.3 is 0 Å². The Labute approximate surface area is 312 Å². The van der Waals surface area contributed by atoms with Gasteiger partial charge in [-0.25, -0.2) is 9.36 Å². The summed E-state index contributed by atoms with van der Waals surface area (Å²) in [6.07, 6.45) is 7.63. The zero-order chi connectivity index (χ0) is 36.2. The molecule has 3 aromatic heterocycles. The molecule has 0 saturated carbocycles. The molecule has 0 amide bonds. The fourth-order valence-corrected chi connectivity index (χ4v) is 7.83. The zero-order valence-electron chi connectivity index (χ0n) is 31.5. The number of aryl methyl sites for hydroxylation is 1. The van der Waals surface area contributed by atoms with Gasteiger partial charge in [-0.15, -0.1) is 5.10 Å². The van der Waals surface area contributed by atoms with Gasteiger partial charge in [-0.05, 0) is 104 Å². The van der Waals surface area contributed by atoms with E-state index in [9.17, 15) is 0 Å². The lowest BCUT2D eigenvalue weighted by Crippen LogP contribution is -2.41. The highest BCUT2D eigenvalue weighted by atomic mass is 127. The summed E-state index contributed by atoms with van der Waals surface area (Å²) >= 11 is 2.37. The second-order valence-electron chi connectivity index (χ2n) is 14.7. The topological polar surface area (TPSA) is 93.6 Å². The maximum absolute atomic E-state index is 6.77. The maximum atomic E-state index is 6.77. The summed E-state index contributed by atoms with van der Waals surface area (Å²) in [4.78, 5) is 2.30. The van der Waals surface area contributed by atoms with Gasteiger partial charge in [-0.3, -0.25) is 9.58 Å². The summed E-state index contributed by atoms with van der Waals surface area (Å²) < 4.78 is 32.2. The van der Waals surface area contributed by atoms with Crippen LogP contribution in [0.3, 0.4) is 0 Å². The normalized spacial score (nSPS) is 16.3. The van der Waals surface area contributed by atoms with E-state index in [1.165, 1.54) is 0 Å². The minimum Gasteiger partial charge on any atom is -0.476 e. The molecule has 11 nitrogen and oxygen atoms in total.